The lowest BCUT2D eigenvalue weighted by molar-refractivity contribution is -0.146. The van der Waals surface area contributed by atoms with Crippen molar-refractivity contribution in [2.45, 2.75) is 26.2 Å². The number of carbonyl (C=O) groups is 2. The standard InChI is InChI=1S/C11H17NO3/c1-8(11(14)15)10(13)12-7-9-5-3-2-4-6-9/h2-3,8-9H,4-7H2,1H3,(H,12,13)(H,14,15). The summed E-state index contributed by atoms with van der Waals surface area (Å²) in [7, 11) is 0. The molecule has 2 unspecified atom stereocenters. The molecular weight excluding hydrogens is 194 g/mol. The van der Waals surface area contributed by atoms with Crippen molar-refractivity contribution in [1.82, 2.24) is 5.32 Å². The molecule has 1 aliphatic carbocycles. The van der Waals surface area contributed by atoms with Gasteiger partial charge in [0, 0.05) is 6.54 Å². The fourth-order valence-corrected chi connectivity index (χ4v) is 1.55. The lowest BCUT2D eigenvalue weighted by Crippen LogP contribution is -2.36. The van der Waals surface area contributed by atoms with Gasteiger partial charge in [0.2, 0.25) is 5.91 Å². The van der Waals surface area contributed by atoms with Crippen molar-refractivity contribution in [3.8, 4) is 0 Å². The van der Waals surface area contributed by atoms with Crippen LogP contribution in [-0.2, 0) is 9.59 Å². The monoisotopic (exact) mass is 211 g/mol. The Morgan fingerprint density at radius 1 is 1.53 bits per heavy atom. The fraction of sp³-hybridized carbons (Fsp3) is 0.636. The molecule has 15 heavy (non-hydrogen) atoms. The number of carbonyl (C=O) groups excluding carboxylic acids is 1. The van der Waals surface area contributed by atoms with Crippen LogP contribution in [0.3, 0.4) is 0 Å². The van der Waals surface area contributed by atoms with Gasteiger partial charge in [0.1, 0.15) is 5.92 Å². The molecule has 0 aromatic rings. The van der Waals surface area contributed by atoms with E-state index in [0.29, 0.717) is 12.5 Å². The summed E-state index contributed by atoms with van der Waals surface area (Å²) >= 11 is 0. The third-order valence-electron chi connectivity index (χ3n) is 2.71. The number of aliphatic carboxylic acids is 1. The number of carboxylic acid groups (broad SMARTS) is 1. The van der Waals surface area contributed by atoms with Gasteiger partial charge < -0.3 is 10.4 Å². The zero-order valence-electron chi connectivity index (χ0n) is 8.90. The lowest BCUT2D eigenvalue weighted by Gasteiger charge is -2.18. The van der Waals surface area contributed by atoms with Gasteiger partial charge in [0.05, 0.1) is 0 Å². The Kier molecular flexibility index (Phi) is 4.34. The molecule has 1 rings (SSSR count). The van der Waals surface area contributed by atoms with Crippen LogP contribution in [0.15, 0.2) is 12.2 Å². The van der Waals surface area contributed by atoms with Crippen LogP contribution in [0.5, 0.6) is 0 Å². The minimum Gasteiger partial charge on any atom is -0.481 e. The number of nitrogens with one attached hydrogen (secondary N) is 1. The molecule has 0 fully saturated rings. The van der Waals surface area contributed by atoms with Crippen molar-refractivity contribution in [2.24, 2.45) is 11.8 Å². The first-order chi connectivity index (χ1) is 7.11. The Morgan fingerprint density at radius 3 is 2.80 bits per heavy atom. The molecule has 0 radical (unpaired) electrons. The van der Waals surface area contributed by atoms with Crippen molar-refractivity contribution >= 4 is 11.9 Å². The zero-order chi connectivity index (χ0) is 11.3. The first-order valence-electron chi connectivity index (χ1n) is 5.26. The van der Waals surface area contributed by atoms with Crippen LogP contribution in [0.25, 0.3) is 0 Å². The maximum Gasteiger partial charge on any atom is 0.315 e. The van der Waals surface area contributed by atoms with Gasteiger partial charge >= 0.3 is 5.97 Å². The molecule has 2 atom stereocenters. The van der Waals surface area contributed by atoms with E-state index in [1.54, 1.807) is 0 Å². The molecule has 4 heteroatoms. The second-order valence-corrected chi connectivity index (χ2v) is 3.96. The maximum absolute atomic E-state index is 11.3. The van der Waals surface area contributed by atoms with E-state index >= 15 is 0 Å². The number of hydrogen-bond acceptors (Lipinski definition) is 2. The van der Waals surface area contributed by atoms with E-state index < -0.39 is 17.8 Å². The number of allylic oxidation sites excluding steroid dienone is 2. The van der Waals surface area contributed by atoms with E-state index in [-0.39, 0.29) is 0 Å². The van der Waals surface area contributed by atoms with E-state index in [1.165, 1.54) is 6.92 Å². The third kappa shape index (κ3) is 3.73. The summed E-state index contributed by atoms with van der Waals surface area (Å²) in [6, 6.07) is 0. The van der Waals surface area contributed by atoms with Crippen LogP contribution >= 0.6 is 0 Å². The number of hydrogen-bond donors (Lipinski definition) is 2. The normalized spacial score (nSPS) is 22.1. The highest BCUT2D eigenvalue weighted by Gasteiger charge is 2.21. The van der Waals surface area contributed by atoms with E-state index in [0.717, 1.165) is 19.3 Å². The third-order valence-corrected chi connectivity index (χ3v) is 2.71. The number of rotatable bonds is 4. The second kappa shape index (κ2) is 5.53. The van der Waals surface area contributed by atoms with Gasteiger partial charge in [0.15, 0.2) is 0 Å². The Balaban J connectivity index is 2.27. The van der Waals surface area contributed by atoms with Crippen LogP contribution in [0, 0.1) is 11.8 Å². The summed E-state index contributed by atoms with van der Waals surface area (Å²) < 4.78 is 0. The van der Waals surface area contributed by atoms with Gasteiger partial charge in [0.25, 0.3) is 0 Å². The van der Waals surface area contributed by atoms with Crippen LogP contribution in [0.4, 0.5) is 0 Å². The summed E-state index contributed by atoms with van der Waals surface area (Å²) in [6.07, 6.45) is 7.34. The smallest absolute Gasteiger partial charge is 0.315 e. The molecular formula is C11H17NO3. The minimum absolute atomic E-state index is 0.392. The molecule has 0 bridgehead atoms. The molecule has 0 spiro atoms. The predicted octanol–water partition coefficient (Wildman–Crippen LogP) is 1.18. The highest BCUT2D eigenvalue weighted by atomic mass is 16.4. The molecule has 2 N–H and O–H groups in total. The van der Waals surface area contributed by atoms with Crippen molar-refractivity contribution in [3.05, 3.63) is 12.2 Å². The van der Waals surface area contributed by atoms with Crippen molar-refractivity contribution in [3.63, 3.8) is 0 Å². The van der Waals surface area contributed by atoms with Crippen LogP contribution in [0.1, 0.15) is 26.2 Å². The van der Waals surface area contributed by atoms with Gasteiger partial charge in [-0.1, -0.05) is 12.2 Å². The van der Waals surface area contributed by atoms with E-state index in [4.69, 9.17) is 5.11 Å². The van der Waals surface area contributed by atoms with Crippen LogP contribution in [-0.4, -0.2) is 23.5 Å². The summed E-state index contributed by atoms with van der Waals surface area (Å²) in [6.45, 7) is 1.99. The summed E-state index contributed by atoms with van der Waals surface area (Å²) in [4.78, 5) is 21.8. The highest BCUT2D eigenvalue weighted by molar-refractivity contribution is 5.96. The van der Waals surface area contributed by atoms with Gasteiger partial charge in [-0.05, 0) is 32.1 Å². The fourth-order valence-electron chi connectivity index (χ4n) is 1.55. The molecule has 84 valence electrons. The van der Waals surface area contributed by atoms with Gasteiger partial charge in [-0.3, -0.25) is 9.59 Å². The predicted molar refractivity (Wildman–Crippen MR) is 56.3 cm³/mol. The van der Waals surface area contributed by atoms with Crippen LogP contribution < -0.4 is 5.32 Å². The molecule has 0 heterocycles. The van der Waals surface area contributed by atoms with Gasteiger partial charge in [-0.25, -0.2) is 0 Å². The first-order valence-corrected chi connectivity index (χ1v) is 5.26. The summed E-state index contributed by atoms with van der Waals surface area (Å²) in [5, 5.41) is 11.3. The topological polar surface area (TPSA) is 66.4 Å². The first kappa shape index (κ1) is 11.8. The molecule has 0 saturated carbocycles. The molecule has 0 aliphatic heterocycles. The molecule has 1 amide bonds. The average molecular weight is 211 g/mol. The van der Waals surface area contributed by atoms with E-state index in [2.05, 4.69) is 17.5 Å². The minimum atomic E-state index is -1.07. The molecule has 0 aromatic carbocycles. The summed E-state index contributed by atoms with van der Waals surface area (Å²) in [5.74, 6) is -1.96. The Bertz CT molecular complexity index is 273. The average Bonchev–Trinajstić information content (AvgIpc) is 2.26. The lowest BCUT2D eigenvalue weighted by atomic mass is 9.94. The zero-order valence-corrected chi connectivity index (χ0v) is 8.90. The number of amides is 1. The molecule has 4 nitrogen and oxygen atoms in total. The molecule has 0 aromatic heterocycles. The Labute approximate surface area is 89.4 Å². The van der Waals surface area contributed by atoms with Crippen molar-refractivity contribution < 1.29 is 14.7 Å². The Hall–Kier alpha value is -1.32. The SMILES string of the molecule is CC(C(=O)O)C(=O)NCC1CC=CCC1. The van der Waals surface area contributed by atoms with Crippen molar-refractivity contribution in [1.29, 1.82) is 0 Å². The Morgan fingerprint density at radius 2 is 2.27 bits per heavy atom. The second-order valence-electron chi connectivity index (χ2n) is 3.96. The highest BCUT2D eigenvalue weighted by Crippen LogP contribution is 2.16. The largest absolute Gasteiger partial charge is 0.481 e. The number of carboxylic acids is 1. The van der Waals surface area contributed by atoms with Gasteiger partial charge in [-0.15, -0.1) is 0 Å². The van der Waals surface area contributed by atoms with E-state index in [9.17, 15) is 9.59 Å². The maximum atomic E-state index is 11.3. The van der Waals surface area contributed by atoms with E-state index in [1.807, 2.05) is 0 Å². The molecule has 1 aliphatic rings. The van der Waals surface area contributed by atoms with Crippen molar-refractivity contribution in [2.75, 3.05) is 6.54 Å². The van der Waals surface area contributed by atoms with Gasteiger partial charge in [-0.2, -0.15) is 0 Å². The molecule has 0 saturated heterocycles. The van der Waals surface area contributed by atoms with Crippen LogP contribution in [0.2, 0.25) is 0 Å². The summed E-state index contributed by atoms with van der Waals surface area (Å²) in [5.41, 5.74) is 0. The quantitative estimate of drug-likeness (QED) is 0.542.